The van der Waals surface area contributed by atoms with Crippen molar-refractivity contribution in [2.24, 2.45) is 0 Å². The maximum absolute atomic E-state index is 14.5. The molecule has 0 aromatic heterocycles. The van der Waals surface area contributed by atoms with E-state index in [1.54, 1.807) is 6.07 Å². The number of rotatable bonds is 5. The highest BCUT2D eigenvalue weighted by molar-refractivity contribution is 6.13. The molecule has 0 spiro atoms. The zero-order valence-electron chi connectivity index (χ0n) is 16.7. The van der Waals surface area contributed by atoms with Gasteiger partial charge in [-0.3, -0.25) is 14.5 Å². The average molecular weight is 391 g/mol. The fourth-order valence-corrected chi connectivity index (χ4v) is 4.61. The summed E-state index contributed by atoms with van der Waals surface area (Å²) in [6.45, 7) is 2.09. The summed E-state index contributed by atoms with van der Waals surface area (Å²) in [5, 5.41) is 0. The topological polar surface area (TPSA) is 37.4 Å². The lowest BCUT2D eigenvalue weighted by Gasteiger charge is -2.33. The molecule has 2 amide bonds. The Morgan fingerprint density at radius 2 is 1.59 bits per heavy atom. The Morgan fingerprint density at radius 1 is 0.931 bits per heavy atom. The molecule has 4 heteroatoms. The van der Waals surface area contributed by atoms with E-state index >= 15 is 0 Å². The number of amides is 2. The minimum absolute atomic E-state index is 0.0104. The van der Waals surface area contributed by atoms with Crippen molar-refractivity contribution < 1.29 is 14.0 Å². The number of imide groups is 1. The van der Waals surface area contributed by atoms with Crippen LogP contribution < -0.4 is 0 Å². The monoisotopic (exact) mass is 391 g/mol. The summed E-state index contributed by atoms with van der Waals surface area (Å²) in [5.74, 6) is -0.125. The van der Waals surface area contributed by atoms with Crippen molar-refractivity contribution in [1.29, 1.82) is 0 Å². The highest BCUT2D eigenvalue weighted by atomic mass is 19.1. The molecule has 1 saturated carbocycles. The van der Waals surface area contributed by atoms with E-state index in [9.17, 15) is 14.0 Å². The molecule has 0 bridgehead atoms. The SMILES string of the molecule is CCCc1ccc(-c2ccc(C3CCC(N4C(=O)C=CC4=O)CC3)cc2)c(F)c1. The predicted octanol–water partition coefficient (Wildman–Crippen LogP) is 5.40. The van der Waals surface area contributed by atoms with Crippen LogP contribution in [0.5, 0.6) is 0 Å². The van der Waals surface area contributed by atoms with Crippen molar-refractivity contribution in [2.75, 3.05) is 0 Å². The summed E-state index contributed by atoms with van der Waals surface area (Å²) in [4.78, 5) is 25.2. The quantitative estimate of drug-likeness (QED) is 0.640. The number of carbonyl (C=O) groups excluding carboxylic acids is 2. The molecule has 150 valence electrons. The van der Waals surface area contributed by atoms with Crippen LogP contribution in [-0.4, -0.2) is 22.8 Å². The fourth-order valence-electron chi connectivity index (χ4n) is 4.61. The first kappa shape index (κ1) is 19.6. The van der Waals surface area contributed by atoms with E-state index in [1.807, 2.05) is 24.3 Å². The van der Waals surface area contributed by atoms with Crippen LogP contribution in [0.3, 0.4) is 0 Å². The molecule has 0 unspecified atom stereocenters. The van der Waals surface area contributed by atoms with Crippen LogP contribution in [0, 0.1) is 5.82 Å². The molecule has 1 aliphatic carbocycles. The predicted molar refractivity (Wildman–Crippen MR) is 112 cm³/mol. The van der Waals surface area contributed by atoms with Crippen LogP contribution in [0.25, 0.3) is 11.1 Å². The van der Waals surface area contributed by atoms with Gasteiger partial charge in [-0.15, -0.1) is 0 Å². The lowest BCUT2D eigenvalue weighted by Crippen LogP contribution is -2.41. The van der Waals surface area contributed by atoms with E-state index in [4.69, 9.17) is 0 Å². The number of hydrogen-bond acceptors (Lipinski definition) is 2. The van der Waals surface area contributed by atoms with Crippen LogP contribution in [0.4, 0.5) is 4.39 Å². The second-order valence-corrected chi connectivity index (χ2v) is 8.07. The summed E-state index contributed by atoms with van der Waals surface area (Å²) in [6, 6.07) is 13.7. The van der Waals surface area contributed by atoms with Gasteiger partial charge in [-0.1, -0.05) is 49.7 Å². The molecule has 0 N–H and O–H groups in total. The number of nitrogens with zero attached hydrogens (tertiary/aromatic N) is 1. The first-order chi connectivity index (χ1) is 14.1. The van der Waals surface area contributed by atoms with Gasteiger partial charge in [0.1, 0.15) is 5.82 Å². The highest BCUT2D eigenvalue weighted by Crippen LogP contribution is 2.36. The van der Waals surface area contributed by atoms with Crippen molar-refractivity contribution >= 4 is 11.8 Å². The van der Waals surface area contributed by atoms with Gasteiger partial charge in [-0.05, 0) is 60.8 Å². The van der Waals surface area contributed by atoms with Crippen LogP contribution >= 0.6 is 0 Å². The Labute approximate surface area is 171 Å². The summed E-state index contributed by atoms with van der Waals surface area (Å²) in [5.41, 5.74) is 3.81. The maximum Gasteiger partial charge on any atom is 0.253 e. The molecule has 2 aromatic rings. The van der Waals surface area contributed by atoms with Crippen LogP contribution in [0.2, 0.25) is 0 Å². The third-order valence-corrected chi connectivity index (χ3v) is 6.17. The smallest absolute Gasteiger partial charge is 0.253 e. The number of carbonyl (C=O) groups is 2. The van der Waals surface area contributed by atoms with Gasteiger partial charge in [0.25, 0.3) is 11.8 Å². The second-order valence-electron chi connectivity index (χ2n) is 8.07. The highest BCUT2D eigenvalue weighted by Gasteiger charge is 2.34. The van der Waals surface area contributed by atoms with Crippen molar-refractivity contribution in [3.05, 3.63) is 71.6 Å². The third kappa shape index (κ3) is 4.02. The molecule has 1 aliphatic heterocycles. The van der Waals surface area contributed by atoms with E-state index in [0.717, 1.165) is 49.7 Å². The normalized spacial score (nSPS) is 21.8. The Morgan fingerprint density at radius 3 is 2.17 bits per heavy atom. The number of halogens is 1. The molecule has 29 heavy (non-hydrogen) atoms. The summed E-state index contributed by atoms with van der Waals surface area (Å²) >= 11 is 0. The fraction of sp³-hybridized carbons (Fsp3) is 0.360. The average Bonchev–Trinajstić information content (AvgIpc) is 3.07. The van der Waals surface area contributed by atoms with Gasteiger partial charge in [0.2, 0.25) is 0 Å². The van der Waals surface area contributed by atoms with E-state index in [-0.39, 0.29) is 23.7 Å². The Kier molecular flexibility index (Phi) is 5.61. The van der Waals surface area contributed by atoms with Crippen molar-refractivity contribution in [2.45, 2.75) is 57.4 Å². The maximum atomic E-state index is 14.5. The van der Waals surface area contributed by atoms with Gasteiger partial charge in [0.15, 0.2) is 0 Å². The van der Waals surface area contributed by atoms with E-state index in [0.29, 0.717) is 11.5 Å². The molecule has 2 aromatic carbocycles. The van der Waals surface area contributed by atoms with E-state index in [1.165, 1.54) is 22.6 Å². The van der Waals surface area contributed by atoms with E-state index < -0.39 is 0 Å². The molecule has 2 aliphatic rings. The Hall–Kier alpha value is -2.75. The molecule has 0 atom stereocenters. The minimum atomic E-state index is -0.185. The molecular formula is C25H26FNO2. The molecule has 3 nitrogen and oxygen atoms in total. The summed E-state index contributed by atoms with van der Waals surface area (Å²) in [6.07, 6.45) is 8.18. The molecule has 1 fully saturated rings. The minimum Gasteiger partial charge on any atom is -0.272 e. The van der Waals surface area contributed by atoms with Gasteiger partial charge < -0.3 is 0 Å². The number of benzene rings is 2. The Balaban J connectivity index is 1.41. The first-order valence-corrected chi connectivity index (χ1v) is 10.5. The lowest BCUT2D eigenvalue weighted by molar-refractivity contribution is -0.140. The van der Waals surface area contributed by atoms with Crippen LogP contribution in [0.15, 0.2) is 54.6 Å². The van der Waals surface area contributed by atoms with Crippen molar-refractivity contribution in [3.63, 3.8) is 0 Å². The van der Waals surface area contributed by atoms with Gasteiger partial charge in [0, 0.05) is 23.8 Å². The van der Waals surface area contributed by atoms with Gasteiger partial charge in [-0.25, -0.2) is 4.39 Å². The molecular weight excluding hydrogens is 365 g/mol. The molecule has 0 saturated heterocycles. The van der Waals surface area contributed by atoms with Crippen LogP contribution in [-0.2, 0) is 16.0 Å². The standard InChI is InChI=1S/C25H26FNO2/c1-2-3-17-4-13-22(23(26)16-17)20-7-5-18(6-8-20)19-9-11-21(12-10-19)27-24(28)14-15-25(27)29/h4-8,13-16,19,21H,2-3,9-12H2,1H3. The van der Waals surface area contributed by atoms with Gasteiger partial charge >= 0.3 is 0 Å². The lowest BCUT2D eigenvalue weighted by atomic mass is 9.81. The third-order valence-electron chi connectivity index (χ3n) is 6.17. The zero-order chi connectivity index (χ0) is 20.4. The molecule has 0 radical (unpaired) electrons. The molecule has 1 heterocycles. The summed E-state index contributed by atoms with van der Waals surface area (Å²) < 4.78 is 14.5. The van der Waals surface area contributed by atoms with E-state index in [2.05, 4.69) is 19.1 Å². The summed E-state index contributed by atoms with van der Waals surface area (Å²) in [7, 11) is 0. The largest absolute Gasteiger partial charge is 0.272 e. The first-order valence-electron chi connectivity index (χ1n) is 10.5. The van der Waals surface area contributed by atoms with Crippen LogP contribution in [0.1, 0.15) is 56.1 Å². The number of hydrogen-bond donors (Lipinski definition) is 0. The number of aryl methyl sites for hydroxylation is 1. The van der Waals surface area contributed by atoms with Crippen molar-refractivity contribution in [1.82, 2.24) is 4.90 Å². The van der Waals surface area contributed by atoms with Gasteiger partial charge in [-0.2, -0.15) is 0 Å². The zero-order valence-corrected chi connectivity index (χ0v) is 16.7. The Bertz CT molecular complexity index is 922. The molecule has 4 rings (SSSR count). The van der Waals surface area contributed by atoms with Crippen molar-refractivity contribution in [3.8, 4) is 11.1 Å². The van der Waals surface area contributed by atoms with Gasteiger partial charge in [0.05, 0.1) is 0 Å². The second kappa shape index (κ2) is 8.32.